The normalized spacial score (nSPS) is 13.6. The highest BCUT2D eigenvalue weighted by atomic mass is 16.5. The molecule has 0 aromatic carbocycles. The fraction of sp³-hybridized carbons (Fsp3) is 1.00. The van der Waals surface area contributed by atoms with Gasteiger partial charge in [-0.2, -0.15) is 0 Å². The van der Waals surface area contributed by atoms with Crippen molar-refractivity contribution in [1.82, 2.24) is 10.2 Å². The van der Waals surface area contributed by atoms with Gasteiger partial charge < -0.3 is 15.0 Å². The van der Waals surface area contributed by atoms with Gasteiger partial charge in [-0.1, -0.05) is 6.92 Å². The van der Waals surface area contributed by atoms with E-state index in [1.807, 2.05) is 0 Å². The number of ether oxygens (including phenoxy) is 1. The van der Waals surface area contributed by atoms with Crippen LogP contribution in [-0.4, -0.2) is 51.3 Å². The Balaban J connectivity index is 3.32. The van der Waals surface area contributed by atoms with Crippen LogP contribution in [0.3, 0.4) is 0 Å². The van der Waals surface area contributed by atoms with Gasteiger partial charge in [0.2, 0.25) is 0 Å². The Labute approximate surface area is 82.4 Å². The summed E-state index contributed by atoms with van der Waals surface area (Å²) in [5.41, 5.74) is 0. The van der Waals surface area contributed by atoms with Gasteiger partial charge >= 0.3 is 0 Å². The van der Waals surface area contributed by atoms with E-state index in [2.05, 4.69) is 31.1 Å². The third kappa shape index (κ3) is 8.22. The molecule has 13 heavy (non-hydrogen) atoms. The van der Waals surface area contributed by atoms with Crippen LogP contribution >= 0.6 is 0 Å². The molecule has 0 bridgehead atoms. The molecular formula is C10H24N2O. The summed E-state index contributed by atoms with van der Waals surface area (Å²) in [5, 5.41) is 3.39. The van der Waals surface area contributed by atoms with Crippen LogP contribution in [0.15, 0.2) is 0 Å². The number of methoxy groups -OCH3 is 1. The van der Waals surface area contributed by atoms with Gasteiger partial charge in [0.25, 0.3) is 0 Å². The molecule has 0 spiro atoms. The number of likely N-dealkylation sites (N-methyl/N-ethyl adjacent to an activating group) is 2. The molecule has 0 saturated heterocycles. The maximum absolute atomic E-state index is 5.00. The molecule has 0 aromatic heterocycles. The van der Waals surface area contributed by atoms with Crippen molar-refractivity contribution in [3.8, 4) is 0 Å². The minimum atomic E-state index is 0.581. The van der Waals surface area contributed by atoms with Crippen molar-refractivity contribution in [2.45, 2.75) is 26.3 Å². The summed E-state index contributed by atoms with van der Waals surface area (Å²) in [7, 11) is 3.91. The van der Waals surface area contributed by atoms with E-state index < -0.39 is 0 Å². The Morgan fingerprint density at radius 2 is 2.15 bits per heavy atom. The molecule has 0 aromatic rings. The lowest BCUT2D eigenvalue weighted by molar-refractivity contribution is 0.177. The van der Waals surface area contributed by atoms with Crippen molar-refractivity contribution < 1.29 is 4.74 Å². The summed E-state index contributed by atoms with van der Waals surface area (Å²) in [6.45, 7) is 8.49. The van der Waals surface area contributed by atoms with Crippen molar-refractivity contribution in [2.24, 2.45) is 0 Å². The molecule has 3 heteroatoms. The van der Waals surface area contributed by atoms with Crippen LogP contribution in [0, 0.1) is 0 Å². The summed E-state index contributed by atoms with van der Waals surface area (Å²) in [5.74, 6) is 0. The Bertz CT molecular complexity index is 109. The van der Waals surface area contributed by atoms with Crippen LogP contribution in [0.1, 0.15) is 20.3 Å². The minimum absolute atomic E-state index is 0.581. The van der Waals surface area contributed by atoms with Gasteiger partial charge in [-0.05, 0) is 26.9 Å². The zero-order valence-corrected chi connectivity index (χ0v) is 9.47. The van der Waals surface area contributed by atoms with Gasteiger partial charge in [-0.25, -0.2) is 0 Å². The van der Waals surface area contributed by atoms with E-state index in [1.165, 1.54) is 0 Å². The van der Waals surface area contributed by atoms with Crippen molar-refractivity contribution in [2.75, 3.05) is 40.4 Å². The van der Waals surface area contributed by atoms with Crippen LogP contribution in [0.2, 0.25) is 0 Å². The Morgan fingerprint density at radius 1 is 1.46 bits per heavy atom. The summed E-state index contributed by atoms with van der Waals surface area (Å²) in [4.78, 5) is 2.34. The molecule has 1 unspecified atom stereocenters. The standard InChI is InChI=1S/C10H24N2O/c1-5-11-10(2)9-12(3)7-6-8-13-4/h10-11H,5-9H2,1-4H3. The average molecular weight is 188 g/mol. The highest BCUT2D eigenvalue weighted by Gasteiger charge is 2.03. The third-order valence-electron chi connectivity index (χ3n) is 2.03. The lowest BCUT2D eigenvalue weighted by atomic mass is 10.3. The second-order valence-corrected chi connectivity index (χ2v) is 3.57. The summed E-state index contributed by atoms with van der Waals surface area (Å²) in [6, 6.07) is 0.581. The number of nitrogens with one attached hydrogen (secondary N) is 1. The summed E-state index contributed by atoms with van der Waals surface area (Å²) >= 11 is 0. The van der Waals surface area contributed by atoms with E-state index in [0.29, 0.717) is 6.04 Å². The topological polar surface area (TPSA) is 24.5 Å². The first kappa shape index (κ1) is 12.9. The lowest BCUT2D eigenvalue weighted by Crippen LogP contribution is -2.37. The molecule has 1 atom stereocenters. The minimum Gasteiger partial charge on any atom is -0.385 e. The average Bonchev–Trinajstić information content (AvgIpc) is 2.05. The first-order valence-electron chi connectivity index (χ1n) is 5.11. The highest BCUT2D eigenvalue weighted by molar-refractivity contribution is 4.63. The summed E-state index contributed by atoms with van der Waals surface area (Å²) in [6.07, 6.45) is 1.12. The van der Waals surface area contributed by atoms with E-state index in [1.54, 1.807) is 7.11 Å². The van der Waals surface area contributed by atoms with E-state index in [4.69, 9.17) is 4.74 Å². The number of rotatable bonds is 8. The second kappa shape index (κ2) is 8.48. The van der Waals surface area contributed by atoms with Crippen LogP contribution in [0.25, 0.3) is 0 Å². The van der Waals surface area contributed by atoms with E-state index in [-0.39, 0.29) is 0 Å². The molecule has 0 amide bonds. The number of hydrogen-bond donors (Lipinski definition) is 1. The molecule has 0 fully saturated rings. The molecule has 0 aliphatic rings. The smallest absolute Gasteiger partial charge is 0.0474 e. The highest BCUT2D eigenvalue weighted by Crippen LogP contribution is 1.91. The quantitative estimate of drug-likeness (QED) is 0.574. The molecule has 0 aliphatic carbocycles. The Hall–Kier alpha value is -0.120. The third-order valence-corrected chi connectivity index (χ3v) is 2.03. The zero-order valence-electron chi connectivity index (χ0n) is 9.47. The monoisotopic (exact) mass is 188 g/mol. The molecule has 0 aliphatic heterocycles. The molecule has 0 radical (unpaired) electrons. The SMILES string of the molecule is CCNC(C)CN(C)CCCOC. The van der Waals surface area contributed by atoms with Crippen LogP contribution in [-0.2, 0) is 4.74 Å². The first-order valence-corrected chi connectivity index (χ1v) is 5.11. The number of nitrogens with zero attached hydrogens (tertiary/aromatic N) is 1. The Morgan fingerprint density at radius 3 is 2.69 bits per heavy atom. The maximum Gasteiger partial charge on any atom is 0.0474 e. The van der Waals surface area contributed by atoms with Crippen LogP contribution in [0.4, 0.5) is 0 Å². The zero-order chi connectivity index (χ0) is 10.1. The predicted molar refractivity (Wildman–Crippen MR) is 57.1 cm³/mol. The van der Waals surface area contributed by atoms with Crippen LogP contribution in [0.5, 0.6) is 0 Å². The predicted octanol–water partition coefficient (Wildman–Crippen LogP) is 0.953. The van der Waals surface area contributed by atoms with Gasteiger partial charge in [0.1, 0.15) is 0 Å². The van der Waals surface area contributed by atoms with E-state index in [0.717, 1.165) is 32.7 Å². The van der Waals surface area contributed by atoms with Gasteiger partial charge in [-0.15, -0.1) is 0 Å². The van der Waals surface area contributed by atoms with E-state index in [9.17, 15) is 0 Å². The van der Waals surface area contributed by atoms with Crippen molar-refractivity contribution >= 4 is 0 Å². The summed E-state index contributed by atoms with van der Waals surface area (Å²) < 4.78 is 5.00. The van der Waals surface area contributed by atoms with E-state index >= 15 is 0 Å². The maximum atomic E-state index is 5.00. The van der Waals surface area contributed by atoms with Gasteiger partial charge in [0.05, 0.1) is 0 Å². The molecule has 0 saturated carbocycles. The van der Waals surface area contributed by atoms with Crippen molar-refractivity contribution in [3.63, 3.8) is 0 Å². The first-order chi connectivity index (χ1) is 6.20. The van der Waals surface area contributed by atoms with Crippen molar-refractivity contribution in [1.29, 1.82) is 0 Å². The molecule has 0 heterocycles. The van der Waals surface area contributed by atoms with Crippen LogP contribution < -0.4 is 5.32 Å². The van der Waals surface area contributed by atoms with Crippen molar-refractivity contribution in [3.05, 3.63) is 0 Å². The fourth-order valence-electron chi connectivity index (χ4n) is 1.45. The Kier molecular flexibility index (Phi) is 8.40. The fourth-order valence-corrected chi connectivity index (χ4v) is 1.45. The van der Waals surface area contributed by atoms with Gasteiger partial charge in [0, 0.05) is 32.8 Å². The second-order valence-electron chi connectivity index (χ2n) is 3.57. The number of hydrogen-bond acceptors (Lipinski definition) is 3. The van der Waals surface area contributed by atoms with Gasteiger partial charge in [0.15, 0.2) is 0 Å². The molecule has 80 valence electrons. The molecule has 3 nitrogen and oxygen atoms in total. The molecule has 0 rings (SSSR count). The molecular weight excluding hydrogens is 164 g/mol. The van der Waals surface area contributed by atoms with Gasteiger partial charge in [-0.3, -0.25) is 0 Å². The largest absolute Gasteiger partial charge is 0.385 e. The lowest BCUT2D eigenvalue weighted by Gasteiger charge is -2.21. The molecule has 1 N–H and O–H groups in total.